The number of ether oxygens (including phenoxy) is 2. The summed E-state index contributed by atoms with van der Waals surface area (Å²) >= 11 is 0. The summed E-state index contributed by atoms with van der Waals surface area (Å²) in [6, 6.07) is 5.42. The Morgan fingerprint density at radius 3 is 2.62 bits per heavy atom. The number of aromatic nitrogens is 4. The summed E-state index contributed by atoms with van der Waals surface area (Å²) in [5.74, 6) is 2.06. The number of aliphatic hydroxyl groups excluding tert-OH is 1. The highest BCUT2D eigenvalue weighted by molar-refractivity contribution is 5.93. The van der Waals surface area contributed by atoms with E-state index in [-0.39, 0.29) is 30.4 Å². The normalized spacial score (nSPS) is 15.2. The Hall–Kier alpha value is -3.28. The van der Waals surface area contributed by atoms with Crippen LogP contribution in [0.5, 0.6) is 5.88 Å². The van der Waals surface area contributed by atoms with Crippen molar-refractivity contribution in [2.24, 2.45) is 0 Å². The molecule has 200 valence electrons. The second-order valence-electron chi connectivity index (χ2n) is 10.3. The van der Waals surface area contributed by atoms with Crippen molar-refractivity contribution in [3.05, 3.63) is 41.1 Å². The Morgan fingerprint density at radius 2 is 1.92 bits per heavy atom. The summed E-state index contributed by atoms with van der Waals surface area (Å²) < 4.78 is 12.8. The molecule has 1 aliphatic rings. The first-order valence-electron chi connectivity index (χ1n) is 12.7. The molecule has 0 amide bonds. The van der Waals surface area contributed by atoms with Crippen molar-refractivity contribution in [3.63, 3.8) is 0 Å². The SMILES string of the molecule is COCCN1CCC(Oc2cc(Nc3cc4ccn(CCO)c(=O)c4c(NC(C)(C)C)n3)ncn2)CC1. The first kappa shape index (κ1) is 26.8. The molecule has 1 fully saturated rings. The van der Waals surface area contributed by atoms with Crippen LogP contribution in [-0.2, 0) is 11.3 Å². The average Bonchev–Trinajstić information content (AvgIpc) is 2.84. The van der Waals surface area contributed by atoms with Crippen LogP contribution in [0.25, 0.3) is 10.8 Å². The van der Waals surface area contributed by atoms with Gasteiger partial charge in [-0.2, -0.15) is 0 Å². The Bertz CT molecular complexity index is 1250. The summed E-state index contributed by atoms with van der Waals surface area (Å²) in [5, 5.41) is 17.1. The van der Waals surface area contributed by atoms with Gasteiger partial charge >= 0.3 is 0 Å². The lowest BCUT2D eigenvalue weighted by molar-refractivity contribution is 0.0772. The Morgan fingerprint density at radius 1 is 1.14 bits per heavy atom. The molecular formula is C26H37N7O4. The van der Waals surface area contributed by atoms with Gasteiger partial charge in [-0.1, -0.05) is 0 Å². The van der Waals surface area contributed by atoms with Gasteiger partial charge < -0.3 is 34.7 Å². The topological polar surface area (TPSA) is 127 Å². The van der Waals surface area contributed by atoms with E-state index in [1.54, 1.807) is 19.4 Å². The molecule has 11 heteroatoms. The lowest BCUT2D eigenvalue weighted by atomic mass is 10.1. The summed E-state index contributed by atoms with van der Waals surface area (Å²) in [4.78, 5) is 28.8. The van der Waals surface area contributed by atoms with Gasteiger partial charge in [0.15, 0.2) is 0 Å². The van der Waals surface area contributed by atoms with Gasteiger partial charge in [0.2, 0.25) is 5.88 Å². The molecule has 1 aliphatic heterocycles. The third-order valence-corrected chi connectivity index (χ3v) is 6.12. The number of piperidine rings is 1. The molecule has 0 spiro atoms. The second kappa shape index (κ2) is 11.8. The van der Waals surface area contributed by atoms with Crippen molar-refractivity contribution in [1.82, 2.24) is 24.4 Å². The van der Waals surface area contributed by atoms with Gasteiger partial charge in [-0.15, -0.1) is 0 Å². The van der Waals surface area contributed by atoms with Gasteiger partial charge in [0, 0.05) is 51.1 Å². The smallest absolute Gasteiger partial charge is 0.262 e. The number of hydrogen-bond donors (Lipinski definition) is 3. The van der Waals surface area contributed by atoms with Gasteiger partial charge in [-0.05, 0) is 51.1 Å². The fourth-order valence-electron chi connectivity index (χ4n) is 4.34. The molecule has 3 N–H and O–H groups in total. The molecule has 3 aromatic rings. The number of pyridine rings is 2. The van der Waals surface area contributed by atoms with E-state index in [2.05, 4.69) is 25.5 Å². The monoisotopic (exact) mass is 511 g/mol. The van der Waals surface area contributed by atoms with Crippen LogP contribution in [0.2, 0.25) is 0 Å². The van der Waals surface area contributed by atoms with Crippen LogP contribution in [0, 0.1) is 0 Å². The Balaban J connectivity index is 1.53. The number of methoxy groups -OCH3 is 1. The minimum atomic E-state index is -0.322. The zero-order valence-electron chi connectivity index (χ0n) is 22.0. The number of fused-ring (bicyclic) bond motifs is 1. The third-order valence-electron chi connectivity index (χ3n) is 6.12. The first-order valence-corrected chi connectivity index (χ1v) is 12.7. The van der Waals surface area contributed by atoms with Gasteiger partial charge in [-0.25, -0.2) is 15.0 Å². The van der Waals surface area contributed by atoms with Crippen LogP contribution in [0.15, 0.2) is 35.5 Å². The van der Waals surface area contributed by atoms with E-state index >= 15 is 0 Å². The summed E-state index contributed by atoms with van der Waals surface area (Å²) in [6.07, 6.45) is 5.11. The lowest BCUT2D eigenvalue weighted by Crippen LogP contribution is -2.39. The number of aliphatic hydroxyl groups is 1. The highest BCUT2D eigenvalue weighted by Gasteiger charge is 2.21. The molecule has 0 atom stereocenters. The maximum Gasteiger partial charge on any atom is 0.262 e. The molecular weight excluding hydrogens is 474 g/mol. The fourth-order valence-corrected chi connectivity index (χ4v) is 4.34. The summed E-state index contributed by atoms with van der Waals surface area (Å²) in [7, 11) is 1.72. The maximum absolute atomic E-state index is 13.1. The predicted molar refractivity (Wildman–Crippen MR) is 144 cm³/mol. The molecule has 11 nitrogen and oxygen atoms in total. The standard InChI is InChI=1S/C26H37N7O4/c1-26(2,3)31-24-23-18(5-10-33(11-13-34)25(23)35)15-21(30-24)29-20-16-22(28-17-27-20)37-19-6-8-32(9-7-19)12-14-36-4/h5,10,15-17,19,34H,6-9,11-14H2,1-4H3,(H2,27,28,29,30,31). The maximum atomic E-state index is 13.1. The highest BCUT2D eigenvalue weighted by Crippen LogP contribution is 2.27. The largest absolute Gasteiger partial charge is 0.474 e. The Labute approximate surface area is 216 Å². The molecule has 4 heterocycles. The van der Waals surface area contributed by atoms with Gasteiger partial charge in [0.25, 0.3) is 5.56 Å². The first-order chi connectivity index (χ1) is 17.8. The molecule has 0 bridgehead atoms. The van der Waals surface area contributed by atoms with E-state index in [0.717, 1.165) is 44.5 Å². The van der Waals surface area contributed by atoms with E-state index in [1.165, 1.54) is 10.9 Å². The average molecular weight is 512 g/mol. The minimum absolute atomic E-state index is 0.101. The van der Waals surface area contributed by atoms with Crippen LogP contribution in [-0.4, -0.2) is 81.1 Å². The molecule has 4 rings (SSSR count). The summed E-state index contributed by atoms with van der Waals surface area (Å²) in [5.41, 5.74) is -0.527. The van der Waals surface area contributed by atoms with Crippen molar-refractivity contribution in [2.45, 2.75) is 51.8 Å². The van der Waals surface area contributed by atoms with Crippen molar-refractivity contribution >= 4 is 28.2 Å². The van der Waals surface area contributed by atoms with E-state index in [4.69, 9.17) is 14.5 Å². The number of hydrogen-bond acceptors (Lipinski definition) is 10. The van der Waals surface area contributed by atoms with Crippen LogP contribution < -0.4 is 20.9 Å². The number of rotatable bonds is 10. The van der Waals surface area contributed by atoms with Crippen molar-refractivity contribution in [2.75, 3.05) is 50.6 Å². The Kier molecular flexibility index (Phi) is 8.57. The molecule has 0 aromatic carbocycles. The van der Waals surface area contributed by atoms with E-state index in [0.29, 0.717) is 28.7 Å². The van der Waals surface area contributed by atoms with E-state index < -0.39 is 0 Å². The molecule has 3 aromatic heterocycles. The van der Waals surface area contributed by atoms with Gasteiger partial charge in [0.05, 0.1) is 18.6 Å². The van der Waals surface area contributed by atoms with E-state index in [9.17, 15) is 9.90 Å². The molecule has 1 saturated heterocycles. The number of anilines is 3. The molecule has 0 unspecified atom stereocenters. The fraction of sp³-hybridized carbons (Fsp3) is 0.538. The van der Waals surface area contributed by atoms with Gasteiger partial charge in [-0.3, -0.25) is 4.79 Å². The second-order valence-corrected chi connectivity index (χ2v) is 10.3. The quantitative estimate of drug-likeness (QED) is 0.374. The van der Waals surface area contributed by atoms with Crippen molar-refractivity contribution in [1.29, 1.82) is 0 Å². The lowest BCUT2D eigenvalue weighted by Gasteiger charge is -2.31. The van der Waals surface area contributed by atoms with Crippen LogP contribution in [0.4, 0.5) is 17.5 Å². The zero-order valence-corrected chi connectivity index (χ0v) is 22.0. The molecule has 0 saturated carbocycles. The molecule has 0 aliphatic carbocycles. The van der Waals surface area contributed by atoms with Crippen LogP contribution in [0.1, 0.15) is 33.6 Å². The number of likely N-dealkylation sites (tertiary alicyclic amines) is 1. The van der Waals surface area contributed by atoms with Crippen LogP contribution >= 0.6 is 0 Å². The van der Waals surface area contributed by atoms with Crippen molar-refractivity contribution in [3.8, 4) is 5.88 Å². The predicted octanol–water partition coefficient (Wildman–Crippen LogP) is 2.62. The summed E-state index contributed by atoms with van der Waals surface area (Å²) in [6.45, 7) is 9.73. The number of nitrogens with zero attached hydrogens (tertiary/aromatic N) is 5. The van der Waals surface area contributed by atoms with Crippen molar-refractivity contribution < 1.29 is 14.6 Å². The highest BCUT2D eigenvalue weighted by atomic mass is 16.5. The molecule has 0 radical (unpaired) electrons. The molecule has 37 heavy (non-hydrogen) atoms. The minimum Gasteiger partial charge on any atom is -0.474 e. The number of nitrogens with one attached hydrogen (secondary N) is 2. The zero-order chi connectivity index (χ0) is 26.4. The van der Waals surface area contributed by atoms with E-state index in [1.807, 2.05) is 32.9 Å². The van der Waals surface area contributed by atoms with Gasteiger partial charge in [0.1, 0.15) is 29.9 Å². The van der Waals surface area contributed by atoms with Crippen LogP contribution in [0.3, 0.4) is 0 Å². The third kappa shape index (κ3) is 7.15.